The second-order valence-corrected chi connectivity index (χ2v) is 6.35. The molecule has 1 unspecified atom stereocenters. The summed E-state index contributed by atoms with van der Waals surface area (Å²) in [5.74, 6) is -0.0895. The number of H-pyrrole nitrogens is 2. The van der Waals surface area contributed by atoms with E-state index in [2.05, 4.69) is 34.3 Å². The lowest BCUT2D eigenvalue weighted by atomic mass is 10.1. The molecule has 130 valence electrons. The molecule has 0 aliphatic heterocycles. The topological polar surface area (TPSA) is 81.0 Å². The minimum absolute atomic E-state index is 0.0895. The lowest BCUT2D eigenvalue weighted by Gasteiger charge is -2.24. The lowest BCUT2D eigenvalue weighted by Crippen LogP contribution is -2.39. The largest absolute Gasteiger partial charge is 0.325 e. The molecule has 0 radical (unpaired) electrons. The van der Waals surface area contributed by atoms with E-state index in [0.29, 0.717) is 23.3 Å². The highest BCUT2D eigenvalue weighted by Crippen LogP contribution is 2.16. The molecule has 0 fully saturated rings. The van der Waals surface area contributed by atoms with Gasteiger partial charge in [-0.2, -0.15) is 0 Å². The number of nitrogens with one attached hydrogen (secondary N) is 3. The summed E-state index contributed by atoms with van der Waals surface area (Å²) in [5.41, 5.74) is 4.20. The molecular weight excluding hydrogens is 316 g/mol. The third-order valence-corrected chi connectivity index (χ3v) is 4.51. The molecule has 3 N–H and O–H groups in total. The average molecular weight is 338 g/mol. The van der Waals surface area contributed by atoms with Crippen molar-refractivity contribution in [3.8, 4) is 0 Å². The molecule has 1 amide bonds. The van der Waals surface area contributed by atoms with Crippen molar-refractivity contribution < 1.29 is 4.79 Å². The van der Waals surface area contributed by atoms with Crippen LogP contribution in [0.25, 0.3) is 11.0 Å². The van der Waals surface area contributed by atoms with Gasteiger partial charge in [-0.15, -0.1) is 0 Å². The van der Waals surface area contributed by atoms with Crippen molar-refractivity contribution in [1.82, 2.24) is 14.9 Å². The summed E-state index contributed by atoms with van der Waals surface area (Å²) in [6.07, 6.45) is 0. The van der Waals surface area contributed by atoms with Crippen LogP contribution in [-0.2, 0) is 11.3 Å². The van der Waals surface area contributed by atoms with Crippen molar-refractivity contribution in [2.75, 3.05) is 12.4 Å². The number of likely N-dealkylation sites (N-methyl/N-ethyl adjacent to an activating group) is 1. The van der Waals surface area contributed by atoms with Gasteiger partial charge in [0.25, 0.3) is 0 Å². The van der Waals surface area contributed by atoms with E-state index >= 15 is 0 Å². The molecule has 6 nitrogen and oxygen atoms in total. The number of aryl methyl sites for hydroxylation is 1. The van der Waals surface area contributed by atoms with Gasteiger partial charge in [0.2, 0.25) is 5.91 Å². The van der Waals surface area contributed by atoms with E-state index in [0.717, 1.165) is 0 Å². The van der Waals surface area contributed by atoms with Gasteiger partial charge in [0, 0.05) is 12.2 Å². The van der Waals surface area contributed by atoms with Gasteiger partial charge in [-0.05, 0) is 50.2 Å². The maximum absolute atomic E-state index is 12.5. The first-order valence-corrected chi connectivity index (χ1v) is 8.21. The zero-order valence-corrected chi connectivity index (χ0v) is 14.6. The Kier molecular flexibility index (Phi) is 4.72. The number of anilines is 1. The van der Waals surface area contributed by atoms with E-state index in [1.807, 2.05) is 31.0 Å². The summed E-state index contributed by atoms with van der Waals surface area (Å²) >= 11 is 0. The molecule has 0 aliphatic rings. The van der Waals surface area contributed by atoms with Crippen LogP contribution in [0.2, 0.25) is 0 Å². The Bertz CT molecular complexity index is 957. The van der Waals surface area contributed by atoms with Gasteiger partial charge in [-0.25, -0.2) is 4.79 Å². The Hall–Kier alpha value is -2.86. The number of hydrogen-bond donors (Lipinski definition) is 3. The van der Waals surface area contributed by atoms with Gasteiger partial charge in [-0.1, -0.05) is 24.3 Å². The first kappa shape index (κ1) is 17.0. The number of rotatable bonds is 5. The quantitative estimate of drug-likeness (QED) is 0.669. The van der Waals surface area contributed by atoms with Crippen LogP contribution in [0.3, 0.4) is 0 Å². The second-order valence-electron chi connectivity index (χ2n) is 6.35. The second kappa shape index (κ2) is 6.94. The predicted molar refractivity (Wildman–Crippen MR) is 99.7 cm³/mol. The standard InChI is InChI=1S/C19H22N4O2/c1-12-6-4-5-7-14(12)11-23(3)13(2)18(24)20-15-8-9-16-17(10-15)22-19(25)21-16/h4-10,13H,11H2,1-3H3,(H,20,24)(H2,21,22,25). The van der Waals surface area contributed by atoms with Crippen molar-refractivity contribution in [1.29, 1.82) is 0 Å². The number of imidazole rings is 1. The molecule has 0 bridgehead atoms. The summed E-state index contributed by atoms with van der Waals surface area (Å²) < 4.78 is 0. The van der Waals surface area contributed by atoms with Crippen LogP contribution in [0.4, 0.5) is 5.69 Å². The highest BCUT2D eigenvalue weighted by molar-refractivity contribution is 5.96. The normalized spacial score (nSPS) is 12.5. The molecule has 6 heteroatoms. The van der Waals surface area contributed by atoms with Gasteiger partial charge in [0.15, 0.2) is 0 Å². The molecule has 2 aromatic carbocycles. The molecule has 1 heterocycles. The number of amides is 1. The molecule has 0 saturated heterocycles. The number of carbonyl (C=O) groups is 1. The highest BCUT2D eigenvalue weighted by atomic mass is 16.2. The molecule has 25 heavy (non-hydrogen) atoms. The van der Waals surface area contributed by atoms with Crippen LogP contribution in [0.5, 0.6) is 0 Å². The van der Waals surface area contributed by atoms with Crippen LogP contribution in [0, 0.1) is 6.92 Å². The van der Waals surface area contributed by atoms with Crippen LogP contribution in [0.15, 0.2) is 47.3 Å². The summed E-state index contributed by atoms with van der Waals surface area (Å²) in [5, 5.41) is 2.91. The summed E-state index contributed by atoms with van der Waals surface area (Å²) in [4.78, 5) is 31.2. The zero-order chi connectivity index (χ0) is 18.0. The Morgan fingerprint density at radius 2 is 1.88 bits per heavy atom. The molecule has 3 rings (SSSR count). The molecule has 0 aliphatic carbocycles. The minimum atomic E-state index is -0.291. The van der Waals surface area contributed by atoms with Crippen molar-refractivity contribution >= 4 is 22.6 Å². The summed E-state index contributed by atoms with van der Waals surface area (Å²) in [6.45, 7) is 4.65. The number of aromatic nitrogens is 2. The Balaban J connectivity index is 1.68. The number of hydrogen-bond acceptors (Lipinski definition) is 3. The molecule has 0 saturated carbocycles. The SMILES string of the molecule is Cc1ccccc1CN(C)C(C)C(=O)Nc1ccc2[nH]c(=O)[nH]c2c1. The van der Waals surface area contributed by atoms with Crippen LogP contribution < -0.4 is 11.0 Å². The van der Waals surface area contributed by atoms with Crippen molar-refractivity contribution in [2.45, 2.75) is 26.4 Å². The molecule has 1 aromatic heterocycles. The summed E-state index contributed by atoms with van der Waals surface area (Å²) in [6, 6.07) is 13.2. The predicted octanol–water partition coefficient (Wildman–Crippen LogP) is 2.62. The van der Waals surface area contributed by atoms with Gasteiger partial charge in [-0.3, -0.25) is 9.69 Å². The van der Waals surface area contributed by atoms with Crippen molar-refractivity contribution in [3.63, 3.8) is 0 Å². The van der Waals surface area contributed by atoms with Crippen molar-refractivity contribution in [2.24, 2.45) is 0 Å². The highest BCUT2D eigenvalue weighted by Gasteiger charge is 2.19. The molecule has 1 atom stereocenters. The van der Waals surface area contributed by atoms with E-state index in [4.69, 9.17) is 0 Å². The molecular formula is C19H22N4O2. The first-order valence-electron chi connectivity index (χ1n) is 8.21. The third-order valence-electron chi connectivity index (χ3n) is 4.51. The Morgan fingerprint density at radius 1 is 1.16 bits per heavy atom. The molecule has 0 spiro atoms. The fourth-order valence-corrected chi connectivity index (χ4v) is 2.75. The Labute approximate surface area is 145 Å². The smallest absolute Gasteiger partial charge is 0.323 e. The number of aromatic amines is 2. The monoisotopic (exact) mass is 338 g/mol. The van der Waals surface area contributed by atoms with Crippen LogP contribution in [-0.4, -0.2) is 33.9 Å². The van der Waals surface area contributed by atoms with Crippen LogP contribution in [0.1, 0.15) is 18.1 Å². The fraction of sp³-hybridized carbons (Fsp3) is 0.263. The Morgan fingerprint density at radius 3 is 2.64 bits per heavy atom. The van der Waals surface area contributed by atoms with Crippen molar-refractivity contribution in [3.05, 3.63) is 64.1 Å². The maximum Gasteiger partial charge on any atom is 0.323 e. The zero-order valence-electron chi connectivity index (χ0n) is 14.6. The number of carbonyl (C=O) groups excluding carboxylic acids is 1. The summed E-state index contributed by atoms with van der Waals surface area (Å²) in [7, 11) is 1.93. The van der Waals surface area contributed by atoms with Gasteiger partial charge in [0.05, 0.1) is 17.1 Å². The van der Waals surface area contributed by atoms with Gasteiger partial charge >= 0.3 is 5.69 Å². The van der Waals surface area contributed by atoms with Gasteiger partial charge in [0.1, 0.15) is 0 Å². The molecule has 3 aromatic rings. The van der Waals surface area contributed by atoms with E-state index in [-0.39, 0.29) is 17.6 Å². The first-order chi connectivity index (χ1) is 11.9. The van der Waals surface area contributed by atoms with E-state index in [9.17, 15) is 9.59 Å². The lowest BCUT2D eigenvalue weighted by molar-refractivity contribution is -0.120. The van der Waals surface area contributed by atoms with E-state index < -0.39 is 0 Å². The third kappa shape index (κ3) is 3.80. The minimum Gasteiger partial charge on any atom is -0.325 e. The van der Waals surface area contributed by atoms with Crippen LogP contribution >= 0.6 is 0 Å². The number of fused-ring (bicyclic) bond motifs is 1. The fourth-order valence-electron chi connectivity index (χ4n) is 2.75. The van der Waals surface area contributed by atoms with E-state index in [1.165, 1.54) is 11.1 Å². The average Bonchev–Trinajstić information content (AvgIpc) is 2.95. The maximum atomic E-state index is 12.5. The number of benzene rings is 2. The van der Waals surface area contributed by atoms with Gasteiger partial charge < -0.3 is 15.3 Å². The van der Waals surface area contributed by atoms with E-state index in [1.54, 1.807) is 18.2 Å². The number of nitrogens with zero attached hydrogens (tertiary/aromatic N) is 1.